The second-order valence-corrected chi connectivity index (χ2v) is 5.86. The summed E-state index contributed by atoms with van der Waals surface area (Å²) in [6, 6.07) is 14.9. The first kappa shape index (κ1) is 15.8. The summed E-state index contributed by atoms with van der Waals surface area (Å²) in [4.78, 5) is 0. The minimum atomic E-state index is 0.251. The first-order chi connectivity index (χ1) is 12.3. The fourth-order valence-electron chi connectivity index (χ4n) is 2.09. The lowest BCUT2D eigenvalue weighted by atomic mass is 10.2. The van der Waals surface area contributed by atoms with Crippen LogP contribution >= 0.6 is 0 Å². The van der Waals surface area contributed by atoms with Gasteiger partial charge in [0.2, 0.25) is 0 Å². The average molecular weight is 338 g/mol. The van der Waals surface area contributed by atoms with E-state index in [1.54, 1.807) is 0 Å². The van der Waals surface area contributed by atoms with Gasteiger partial charge in [0.25, 0.3) is 0 Å². The maximum atomic E-state index is 5.58. The third kappa shape index (κ3) is 5.15. The summed E-state index contributed by atoms with van der Waals surface area (Å²) in [6.07, 6.45) is 3.21. The number of hydrogen-bond donors (Lipinski definition) is 0. The van der Waals surface area contributed by atoms with Crippen LogP contribution in [0.2, 0.25) is 0 Å². The predicted octanol–water partition coefficient (Wildman–Crippen LogP) is 2.63. The van der Waals surface area contributed by atoms with Crippen molar-refractivity contribution in [1.29, 1.82) is 0 Å². The summed E-state index contributed by atoms with van der Waals surface area (Å²) in [5.41, 5.74) is 0.861. The van der Waals surface area contributed by atoms with Crippen LogP contribution in [0.1, 0.15) is 5.56 Å². The maximum absolute atomic E-state index is 5.58. The van der Waals surface area contributed by atoms with Crippen LogP contribution in [0.4, 0.5) is 0 Å². The summed E-state index contributed by atoms with van der Waals surface area (Å²) in [7, 11) is 0. The Hall–Kier alpha value is -2.68. The fourth-order valence-corrected chi connectivity index (χ4v) is 2.09. The van der Waals surface area contributed by atoms with Crippen molar-refractivity contribution in [2.75, 3.05) is 26.4 Å². The largest absolute Gasteiger partial charge is 0.491 e. The fraction of sp³-hybridized carbons (Fsp3) is 0.300. The van der Waals surface area contributed by atoms with Gasteiger partial charge in [-0.1, -0.05) is 0 Å². The molecule has 2 heterocycles. The van der Waals surface area contributed by atoms with E-state index in [1.807, 2.05) is 48.5 Å². The Balaban J connectivity index is 1.25. The summed E-state index contributed by atoms with van der Waals surface area (Å²) >= 11 is 0. The van der Waals surface area contributed by atoms with Crippen LogP contribution < -0.4 is 14.2 Å². The van der Waals surface area contributed by atoms with E-state index in [0.717, 1.165) is 30.3 Å². The van der Waals surface area contributed by atoms with Crippen molar-refractivity contribution in [1.82, 2.24) is 0 Å². The molecule has 2 aliphatic rings. The molecule has 2 aliphatic heterocycles. The quantitative estimate of drug-likeness (QED) is 0.574. The molecule has 0 amide bonds. The highest BCUT2D eigenvalue weighted by Crippen LogP contribution is 2.19. The van der Waals surface area contributed by atoms with Gasteiger partial charge in [0, 0.05) is 5.56 Å². The van der Waals surface area contributed by atoms with Crippen LogP contribution in [-0.2, 0) is 9.47 Å². The summed E-state index contributed by atoms with van der Waals surface area (Å²) in [5, 5.41) is 0. The van der Waals surface area contributed by atoms with Gasteiger partial charge in [-0.05, 0) is 54.5 Å². The van der Waals surface area contributed by atoms with Gasteiger partial charge >= 0.3 is 0 Å². The molecule has 0 N–H and O–H groups in total. The van der Waals surface area contributed by atoms with E-state index >= 15 is 0 Å². The van der Waals surface area contributed by atoms with E-state index in [9.17, 15) is 0 Å². The first-order valence-electron chi connectivity index (χ1n) is 8.22. The molecule has 2 atom stereocenters. The Morgan fingerprint density at radius 2 is 1.24 bits per heavy atom. The monoisotopic (exact) mass is 338 g/mol. The van der Waals surface area contributed by atoms with Crippen LogP contribution in [0.25, 0.3) is 0 Å². The molecule has 0 bridgehead atoms. The molecule has 0 aromatic heterocycles. The number of rotatable bonds is 7. The lowest BCUT2D eigenvalue weighted by Gasteiger charge is -2.04. The molecule has 2 aromatic rings. The smallest absolute Gasteiger partial charge is 0.140 e. The van der Waals surface area contributed by atoms with E-state index in [0.29, 0.717) is 19.0 Å². The van der Waals surface area contributed by atoms with E-state index in [2.05, 4.69) is 12.0 Å². The normalized spacial score (nSPS) is 20.2. The zero-order chi connectivity index (χ0) is 16.9. The molecular formula is C20H18O5. The lowest BCUT2D eigenvalue weighted by molar-refractivity contribution is 0.263. The molecular weight excluding hydrogens is 320 g/mol. The van der Waals surface area contributed by atoms with Gasteiger partial charge < -0.3 is 23.7 Å². The van der Waals surface area contributed by atoms with Gasteiger partial charge in [0.1, 0.15) is 48.8 Å². The highest BCUT2D eigenvalue weighted by atomic mass is 16.6. The van der Waals surface area contributed by atoms with E-state index in [4.69, 9.17) is 23.7 Å². The van der Waals surface area contributed by atoms with Crippen molar-refractivity contribution in [3.8, 4) is 29.3 Å². The highest BCUT2D eigenvalue weighted by molar-refractivity contribution is 5.38. The zero-order valence-corrected chi connectivity index (χ0v) is 13.6. The maximum Gasteiger partial charge on any atom is 0.140 e. The molecule has 25 heavy (non-hydrogen) atoms. The van der Waals surface area contributed by atoms with Gasteiger partial charge in [0.05, 0.1) is 13.2 Å². The molecule has 0 spiro atoms. The third-order valence-electron chi connectivity index (χ3n) is 3.72. The summed E-state index contributed by atoms with van der Waals surface area (Å²) in [6.45, 7) is 2.77. The van der Waals surface area contributed by atoms with Crippen LogP contribution in [0.15, 0.2) is 48.5 Å². The molecule has 0 radical (unpaired) electrons. The van der Waals surface area contributed by atoms with Crippen molar-refractivity contribution in [2.24, 2.45) is 0 Å². The molecule has 0 aliphatic carbocycles. The SMILES string of the molecule is C(#Cc1ccc(OCC2CO2)cc1)Oc1ccc(OCC2CO2)cc1. The Labute approximate surface area is 146 Å². The van der Waals surface area contributed by atoms with Crippen LogP contribution in [-0.4, -0.2) is 38.6 Å². The van der Waals surface area contributed by atoms with E-state index in [-0.39, 0.29) is 12.2 Å². The molecule has 2 aromatic carbocycles. The first-order valence-corrected chi connectivity index (χ1v) is 8.22. The van der Waals surface area contributed by atoms with E-state index < -0.39 is 0 Å². The minimum Gasteiger partial charge on any atom is -0.491 e. The molecule has 5 heteroatoms. The van der Waals surface area contributed by atoms with Crippen molar-refractivity contribution in [3.05, 3.63) is 54.1 Å². The lowest BCUT2D eigenvalue weighted by Crippen LogP contribution is -2.03. The molecule has 5 nitrogen and oxygen atoms in total. The van der Waals surface area contributed by atoms with Gasteiger partial charge in [-0.15, -0.1) is 0 Å². The topological polar surface area (TPSA) is 52.8 Å². The minimum absolute atomic E-state index is 0.251. The van der Waals surface area contributed by atoms with Gasteiger partial charge in [-0.3, -0.25) is 0 Å². The van der Waals surface area contributed by atoms with Crippen LogP contribution in [0.5, 0.6) is 17.2 Å². The van der Waals surface area contributed by atoms with Crippen molar-refractivity contribution in [2.45, 2.75) is 12.2 Å². The molecule has 128 valence electrons. The average Bonchev–Trinajstić information content (AvgIpc) is 3.55. The Morgan fingerprint density at radius 1 is 0.760 bits per heavy atom. The van der Waals surface area contributed by atoms with Crippen molar-refractivity contribution >= 4 is 0 Å². The molecule has 2 unspecified atom stereocenters. The Morgan fingerprint density at radius 3 is 1.76 bits per heavy atom. The number of hydrogen-bond acceptors (Lipinski definition) is 5. The molecule has 2 saturated heterocycles. The zero-order valence-electron chi connectivity index (χ0n) is 13.6. The number of benzene rings is 2. The standard InChI is InChI=1S/C20H18O5/c1-3-17(22-11-19-13-24-19)4-2-15(1)9-10-21-16-5-7-18(8-6-16)23-12-20-14-25-20/h1-8,19-20H,11-14H2. The van der Waals surface area contributed by atoms with Gasteiger partial charge in [-0.2, -0.15) is 0 Å². The van der Waals surface area contributed by atoms with Crippen LogP contribution in [0.3, 0.4) is 0 Å². The molecule has 2 fully saturated rings. The van der Waals surface area contributed by atoms with Crippen molar-refractivity contribution < 1.29 is 23.7 Å². The predicted molar refractivity (Wildman–Crippen MR) is 90.9 cm³/mol. The molecule has 4 rings (SSSR count). The van der Waals surface area contributed by atoms with Crippen LogP contribution in [0, 0.1) is 12.0 Å². The summed E-state index contributed by atoms with van der Waals surface area (Å²) < 4.78 is 26.8. The van der Waals surface area contributed by atoms with Gasteiger partial charge in [0.15, 0.2) is 0 Å². The Bertz CT molecular complexity index is 749. The molecule has 0 saturated carbocycles. The van der Waals surface area contributed by atoms with Gasteiger partial charge in [-0.25, -0.2) is 0 Å². The van der Waals surface area contributed by atoms with E-state index in [1.165, 1.54) is 0 Å². The summed E-state index contributed by atoms with van der Waals surface area (Å²) in [5.74, 6) is 5.24. The number of epoxide rings is 2. The Kier molecular flexibility index (Phi) is 4.73. The second kappa shape index (κ2) is 7.47. The third-order valence-corrected chi connectivity index (χ3v) is 3.72. The van der Waals surface area contributed by atoms with Crippen molar-refractivity contribution in [3.63, 3.8) is 0 Å². The second-order valence-electron chi connectivity index (χ2n) is 5.86. The highest BCUT2D eigenvalue weighted by Gasteiger charge is 2.23. The number of ether oxygens (including phenoxy) is 5.